The van der Waals surface area contributed by atoms with E-state index >= 15 is 0 Å². The van der Waals surface area contributed by atoms with Gasteiger partial charge in [0.25, 0.3) is 0 Å². The van der Waals surface area contributed by atoms with Crippen LogP contribution in [-0.2, 0) is 63.0 Å². The standard InChI is InChI=1S/C69H116O8S2/c1-15-17-19-21-23-25-27-29-31-33-35-37-39-61(78)76-51-69(52-77-62(79)40-38-36-34-32-30-28-26-24-22-20-18-16-2,49-74-59(70)43-41-53-45-55(65(3,4)5)63(72)56(46-53)66(6,7)8)50-75-60(71)44-42-54-47-57(67(9,10)11)64(73)58(48-54)68(12,13)14/h45-48,72-73H,15-44,49-52H2,1-14H3. The highest BCUT2D eigenvalue weighted by molar-refractivity contribution is 7.80. The van der Waals surface area contributed by atoms with Gasteiger partial charge in [0, 0.05) is 25.7 Å². The zero-order valence-corrected chi connectivity index (χ0v) is 54.6. The molecular formula is C69H116O8S2. The number of rotatable bonds is 40. The molecule has 0 aliphatic heterocycles. The highest BCUT2D eigenvalue weighted by Gasteiger charge is 2.38. The topological polar surface area (TPSA) is 112 Å². The van der Waals surface area contributed by atoms with E-state index in [1.54, 1.807) is 0 Å². The lowest BCUT2D eigenvalue weighted by Crippen LogP contribution is -2.43. The predicted octanol–water partition coefficient (Wildman–Crippen LogP) is 19.8. The van der Waals surface area contributed by atoms with E-state index in [1.165, 1.54) is 116 Å². The van der Waals surface area contributed by atoms with Crippen LogP contribution < -0.4 is 0 Å². The average Bonchev–Trinajstić information content (AvgIpc) is 3.37. The summed E-state index contributed by atoms with van der Waals surface area (Å²) in [6, 6.07) is 8.02. The van der Waals surface area contributed by atoms with Crippen LogP contribution >= 0.6 is 24.4 Å². The largest absolute Gasteiger partial charge is 0.507 e. The molecule has 0 amide bonds. The van der Waals surface area contributed by atoms with Gasteiger partial charge in [0.1, 0.15) is 43.3 Å². The maximum atomic E-state index is 13.9. The Balaban J connectivity index is 2.34. The van der Waals surface area contributed by atoms with Crippen LogP contribution in [0.2, 0.25) is 0 Å². The molecule has 0 saturated heterocycles. The molecule has 8 nitrogen and oxygen atoms in total. The second-order valence-corrected chi connectivity index (χ2v) is 28.4. The van der Waals surface area contributed by atoms with Crippen LogP contribution in [0.15, 0.2) is 24.3 Å². The minimum absolute atomic E-state index is 0.00949. The first kappa shape index (κ1) is 71.9. The van der Waals surface area contributed by atoms with E-state index in [1.807, 2.05) is 24.3 Å². The molecule has 0 aliphatic rings. The molecule has 10 heteroatoms. The van der Waals surface area contributed by atoms with Crippen molar-refractivity contribution in [2.45, 2.75) is 311 Å². The number of ether oxygens (including phenoxy) is 4. The van der Waals surface area contributed by atoms with Crippen molar-refractivity contribution in [3.8, 4) is 11.5 Å². The summed E-state index contributed by atoms with van der Waals surface area (Å²) in [6.45, 7) is 29.2. The van der Waals surface area contributed by atoms with Gasteiger partial charge in [0.05, 0.1) is 0 Å². The van der Waals surface area contributed by atoms with Crippen LogP contribution in [0, 0.1) is 5.41 Å². The lowest BCUT2D eigenvalue weighted by Gasteiger charge is -2.32. The number of thiocarbonyl (C=S) groups is 2. The molecule has 2 aromatic rings. The summed E-state index contributed by atoms with van der Waals surface area (Å²) in [4.78, 5) is 27.9. The zero-order chi connectivity index (χ0) is 59.1. The molecule has 0 heterocycles. The van der Waals surface area contributed by atoms with E-state index in [9.17, 15) is 19.8 Å². The van der Waals surface area contributed by atoms with Crippen LogP contribution in [0.25, 0.3) is 0 Å². The van der Waals surface area contributed by atoms with E-state index in [0.717, 1.165) is 71.9 Å². The maximum absolute atomic E-state index is 13.9. The van der Waals surface area contributed by atoms with Gasteiger partial charge in [-0.1, -0.05) is 262 Å². The Morgan fingerprint density at radius 2 is 0.595 bits per heavy atom. The van der Waals surface area contributed by atoms with Crippen molar-refractivity contribution in [1.82, 2.24) is 0 Å². The summed E-state index contributed by atoms with van der Waals surface area (Å²) < 4.78 is 25.2. The number of aromatic hydroxyl groups is 2. The van der Waals surface area contributed by atoms with Crippen molar-refractivity contribution in [3.63, 3.8) is 0 Å². The SMILES string of the molecule is CCCCCCCCCCCCCCC(=S)OCC(COC(=O)CCc1cc(C(C)(C)C)c(O)c(C(C)(C)C)c1)(COC(=O)CCc1cc(C(C)(C)C)c(O)c(C(C)(C)C)c1)COC(=S)CCCCCCCCCCCCCC. The lowest BCUT2D eigenvalue weighted by molar-refractivity contribution is -0.158. The first-order valence-corrected chi connectivity index (χ1v) is 32.3. The van der Waals surface area contributed by atoms with Crippen LogP contribution in [-0.4, -0.2) is 58.7 Å². The van der Waals surface area contributed by atoms with Crippen molar-refractivity contribution < 1.29 is 38.7 Å². The lowest BCUT2D eigenvalue weighted by atomic mass is 9.78. The summed E-state index contributed by atoms with van der Waals surface area (Å²) in [6.07, 6.45) is 32.2. The van der Waals surface area contributed by atoms with Crippen LogP contribution in [0.1, 0.15) is 310 Å². The fraction of sp³-hybridized carbons (Fsp3) is 0.768. The van der Waals surface area contributed by atoms with Gasteiger partial charge in [-0.05, 0) is 105 Å². The molecule has 2 aromatic carbocycles. The zero-order valence-electron chi connectivity index (χ0n) is 53.0. The van der Waals surface area contributed by atoms with Gasteiger partial charge in [-0.15, -0.1) is 0 Å². The third-order valence-electron chi connectivity index (χ3n) is 15.4. The number of benzene rings is 2. The first-order chi connectivity index (χ1) is 37.1. The Morgan fingerprint density at radius 1 is 0.367 bits per heavy atom. The predicted molar refractivity (Wildman–Crippen MR) is 340 cm³/mol. The number of esters is 2. The molecule has 2 rings (SSSR count). The van der Waals surface area contributed by atoms with Crippen molar-refractivity contribution in [1.29, 1.82) is 0 Å². The normalized spacial score (nSPS) is 12.4. The molecule has 79 heavy (non-hydrogen) atoms. The Hall–Kier alpha value is -3.24. The van der Waals surface area contributed by atoms with Gasteiger partial charge in [-0.3, -0.25) is 9.59 Å². The third-order valence-corrected chi connectivity index (χ3v) is 16.1. The van der Waals surface area contributed by atoms with E-state index in [2.05, 4.69) is 96.9 Å². The number of hydrogen-bond donors (Lipinski definition) is 2. The number of hydrogen-bond acceptors (Lipinski definition) is 10. The minimum atomic E-state index is -1.12. The number of carbonyl (C=O) groups excluding carboxylic acids is 2. The Morgan fingerprint density at radius 3 is 0.835 bits per heavy atom. The summed E-state index contributed by atoms with van der Waals surface area (Å²) in [7, 11) is 0. The number of carbonyl (C=O) groups is 2. The van der Waals surface area contributed by atoms with E-state index in [4.69, 9.17) is 43.4 Å². The highest BCUT2D eigenvalue weighted by Crippen LogP contribution is 2.42. The van der Waals surface area contributed by atoms with Crippen molar-refractivity contribution >= 4 is 46.5 Å². The number of aryl methyl sites for hydroxylation is 2. The average molecular weight is 1140 g/mol. The van der Waals surface area contributed by atoms with Gasteiger partial charge in [-0.25, -0.2) is 0 Å². The second kappa shape index (κ2) is 37.1. The van der Waals surface area contributed by atoms with Gasteiger partial charge < -0.3 is 29.2 Å². The van der Waals surface area contributed by atoms with Crippen molar-refractivity contribution in [2.24, 2.45) is 5.41 Å². The smallest absolute Gasteiger partial charge is 0.306 e. The minimum Gasteiger partial charge on any atom is -0.507 e. The van der Waals surface area contributed by atoms with Crippen LogP contribution in [0.5, 0.6) is 11.5 Å². The van der Waals surface area contributed by atoms with E-state index in [0.29, 0.717) is 47.3 Å². The number of phenolic OH excluding ortho intramolecular Hbond substituents is 2. The summed E-state index contributed by atoms with van der Waals surface area (Å²) in [5, 5.41) is 23.7. The molecule has 0 aromatic heterocycles. The molecule has 0 fully saturated rings. The quantitative estimate of drug-likeness (QED) is 0.0380. The molecule has 0 atom stereocenters. The Kier molecular flexibility index (Phi) is 33.7. The maximum Gasteiger partial charge on any atom is 0.306 e. The third kappa shape index (κ3) is 30.1. The summed E-state index contributed by atoms with van der Waals surface area (Å²) >= 11 is 11.7. The Labute approximate surface area is 494 Å². The molecule has 452 valence electrons. The molecule has 0 bridgehead atoms. The van der Waals surface area contributed by atoms with Crippen LogP contribution in [0.3, 0.4) is 0 Å². The monoisotopic (exact) mass is 1140 g/mol. The molecule has 0 radical (unpaired) electrons. The highest BCUT2D eigenvalue weighted by atomic mass is 32.1. The van der Waals surface area contributed by atoms with E-state index < -0.39 is 17.4 Å². The number of unbranched alkanes of at least 4 members (excludes halogenated alkanes) is 22. The number of phenols is 2. The fourth-order valence-electron chi connectivity index (χ4n) is 10.2. The van der Waals surface area contributed by atoms with Crippen molar-refractivity contribution in [2.75, 3.05) is 26.4 Å². The fourth-order valence-corrected chi connectivity index (χ4v) is 10.6. The molecule has 0 unspecified atom stereocenters. The van der Waals surface area contributed by atoms with Crippen LogP contribution in [0.4, 0.5) is 0 Å². The molecule has 0 saturated carbocycles. The summed E-state index contributed by atoms with van der Waals surface area (Å²) in [5.41, 5.74) is 2.88. The van der Waals surface area contributed by atoms with E-state index in [-0.39, 0.29) is 60.9 Å². The Bertz CT molecular complexity index is 1860. The molecule has 0 aliphatic carbocycles. The first-order valence-electron chi connectivity index (χ1n) is 31.5. The molecule has 2 N–H and O–H groups in total. The second-order valence-electron chi connectivity index (χ2n) is 27.5. The van der Waals surface area contributed by atoms with Gasteiger partial charge in [-0.2, -0.15) is 0 Å². The van der Waals surface area contributed by atoms with Gasteiger partial charge in [0.2, 0.25) is 0 Å². The molecular weight excluding hydrogens is 1020 g/mol. The van der Waals surface area contributed by atoms with Gasteiger partial charge in [0.15, 0.2) is 10.1 Å². The summed E-state index contributed by atoms with van der Waals surface area (Å²) in [5.74, 6) is -0.223. The van der Waals surface area contributed by atoms with Crippen molar-refractivity contribution in [3.05, 3.63) is 57.6 Å². The molecule has 0 spiro atoms. The van der Waals surface area contributed by atoms with Gasteiger partial charge >= 0.3 is 11.9 Å².